The normalized spacial score (nSPS) is 11.9. The molecule has 2 rings (SSSR count). The van der Waals surface area contributed by atoms with E-state index in [2.05, 4.69) is 5.32 Å². The SMILES string of the molecule is CC(CO)N(C)C(=O)Nc1cccc(-c2c(F)cccc2F)c1. The van der Waals surface area contributed by atoms with Crippen molar-refractivity contribution in [2.45, 2.75) is 13.0 Å². The predicted octanol–water partition coefficient (Wildman–Crippen LogP) is 3.48. The number of anilines is 1. The molecule has 0 saturated heterocycles. The monoisotopic (exact) mass is 320 g/mol. The third-order valence-corrected chi connectivity index (χ3v) is 3.61. The summed E-state index contributed by atoms with van der Waals surface area (Å²) in [6.07, 6.45) is 0. The summed E-state index contributed by atoms with van der Waals surface area (Å²) in [6.45, 7) is 1.54. The maximum Gasteiger partial charge on any atom is 0.321 e. The van der Waals surface area contributed by atoms with Crippen LogP contribution in [0, 0.1) is 11.6 Å². The second-order valence-electron chi connectivity index (χ2n) is 5.25. The first-order chi connectivity index (χ1) is 10.9. The number of nitrogens with one attached hydrogen (secondary N) is 1. The highest BCUT2D eigenvalue weighted by molar-refractivity contribution is 5.90. The van der Waals surface area contributed by atoms with Gasteiger partial charge in [0.15, 0.2) is 0 Å². The fourth-order valence-corrected chi connectivity index (χ4v) is 2.06. The van der Waals surface area contributed by atoms with Gasteiger partial charge in [0.25, 0.3) is 0 Å². The molecule has 0 aliphatic rings. The van der Waals surface area contributed by atoms with Crippen LogP contribution in [0.1, 0.15) is 6.92 Å². The number of hydrogen-bond acceptors (Lipinski definition) is 2. The predicted molar refractivity (Wildman–Crippen MR) is 85.1 cm³/mol. The Bertz CT molecular complexity index is 686. The maximum absolute atomic E-state index is 13.8. The lowest BCUT2D eigenvalue weighted by Gasteiger charge is -2.23. The summed E-state index contributed by atoms with van der Waals surface area (Å²) in [6, 6.07) is 9.18. The molecule has 0 fully saturated rings. The smallest absolute Gasteiger partial charge is 0.321 e. The molecule has 0 saturated carbocycles. The number of nitrogens with zero attached hydrogens (tertiary/aromatic N) is 1. The lowest BCUT2D eigenvalue weighted by Crippen LogP contribution is -2.40. The van der Waals surface area contributed by atoms with Crippen molar-refractivity contribution in [1.82, 2.24) is 4.90 Å². The number of likely N-dealkylation sites (N-methyl/N-ethyl adjacent to an activating group) is 1. The van der Waals surface area contributed by atoms with Crippen molar-refractivity contribution in [3.8, 4) is 11.1 Å². The number of hydrogen-bond donors (Lipinski definition) is 2. The van der Waals surface area contributed by atoms with Crippen LogP contribution in [0.4, 0.5) is 19.3 Å². The molecule has 2 aromatic rings. The zero-order valence-corrected chi connectivity index (χ0v) is 12.9. The first-order valence-corrected chi connectivity index (χ1v) is 7.13. The first kappa shape index (κ1) is 16.9. The number of carbonyl (C=O) groups excluding carboxylic acids is 1. The maximum atomic E-state index is 13.8. The van der Waals surface area contributed by atoms with E-state index in [1.54, 1.807) is 32.2 Å². The summed E-state index contributed by atoms with van der Waals surface area (Å²) in [5.41, 5.74) is 0.601. The number of halogens is 2. The van der Waals surface area contributed by atoms with Gasteiger partial charge in [0, 0.05) is 12.7 Å². The Kier molecular flexibility index (Phi) is 5.28. The fraction of sp³-hybridized carbons (Fsp3) is 0.235. The van der Waals surface area contributed by atoms with Crippen LogP contribution in [0.15, 0.2) is 42.5 Å². The Morgan fingerprint density at radius 1 is 1.22 bits per heavy atom. The number of amides is 2. The Morgan fingerprint density at radius 2 is 1.83 bits per heavy atom. The van der Waals surface area contributed by atoms with Crippen LogP contribution in [-0.2, 0) is 0 Å². The fourth-order valence-electron chi connectivity index (χ4n) is 2.06. The minimum atomic E-state index is -0.667. The minimum Gasteiger partial charge on any atom is -0.394 e. The molecule has 0 aromatic heterocycles. The van der Waals surface area contributed by atoms with Crippen molar-refractivity contribution in [3.63, 3.8) is 0 Å². The van der Waals surface area contributed by atoms with Crippen molar-refractivity contribution >= 4 is 11.7 Å². The van der Waals surface area contributed by atoms with E-state index in [1.807, 2.05) is 0 Å². The average molecular weight is 320 g/mol. The van der Waals surface area contributed by atoms with Gasteiger partial charge in [-0.1, -0.05) is 18.2 Å². The molecule has 0 bridgehead atoms. The second-order valence-corrected chi connectivity index (χ2v) is 5.25. The number of rotatable bonds is 4. The molecule has 2 aromatic carbocycles. The highest BCUT2D eigenvalue weighted by Gasteiger charge is 2.16. The minimum absolute atomic E-state index is 0.138. The van der Waals surface area contributed by atoms with E-state index in [9.17, 15) is 13.6 Å². The summed E-state index contributed by atoms with van der Waals surface area (Å²) >= 11 is 0. The Labute approximate surface area is 133 Å². The third kappa shape index (κ3) is 3.84. The lowest BCUT2D eigenvalue weighted by atomic mass is 10.0. The van der Waals surface area contributed by atoms with Crippen LogP contribution in [0.2, 0.25) is 0 Å². The van der Waals surface area contributed by atoms with Gasteiger partial charge in [-0.05, 0) is 36.8 Å². The Hall–Kier alpha value is -2.47. The van der Waals surface area contributed by atoms with Crippen LogP contribution in [0.3, 0.4) is 0 Å². The van der Waals surface area contributed by atoms with Crippen LogP contribution in [-0.4, -0.2) is 35.7 Å². The Morgan fingerprint density at radius 3 is 2.43 bits per heavy atom. The molecular weight excluding hydrogens is 302 g/mol. The summed E-state index contributed by atoms with van der Waals surface area (Å²) in [5, 5.41) is 11.7. The Balaban J connectivity index is 2.26. The molecule has 2 N–H and O–H groups in total. The largest absolute Gasteiger partial charge is 0.394 e. The summed E-state index contributed by atoms with van der Waals surface area (Å²) in [4.78, 5) is 13.4. The van der Waals surface area contributed by atoms with E-state index in [1.165, 1.54) is 29.2 Å². The zero-order chi connectivity index (χ0) is 17.0. The molecule has 0 radical (unpaired) electrons. The molecule has 0 heterocycles. The van der Waals surface area contributed by atoms with E-state index < -0.39 is 17.7 Å². The van der Waals surface area contributed by atoms with Gasteiger partial charge in [-0.3, -0.25) is 0 Å². The van der Waals surface area contributed by atoms with E-state index in [-0.39, 0.29) is 18.2 Å². The average Bonchev–Trinajstić information content (AvgIpc) is 2.53. The molecule has 2 amide bonds. The molecule has 0 spiro atoms. The number of aliphatic hydroxyl groups excluding tert-OH is 1. The molecular formula is C17H18F2N2O2. The molecule has 6 heteroatoms. The van der Waals surface area contributed by atoms with Crippen molar-refractivity contribution < 1.29 is 18.7 Å². The zero-order valence-electron chi connectivity index (χ0n) is 12.9. The molecule has 1 unspecified atom stereocenters. The van der Waals surface area contributed by atoms with Crippen LogP contribution < -0.4 is 5.32 Å². The van der Waals surface area contributed by atoms with Gasteiger partial charge >= 0.3 is 6.03 Å². The molecule has 23 heavy (non-hydrogen) atoms. The molecule has 122 valence electrons. The summed E-state index contributed by atoms with van der Waals surface area (Å²) < 4.78 is 27.7. The lowest BCUT2D eigenvalue weighted by molar-refractivity contribution is 0.166. The van der Waals surface area contributed by atoms with Gasteiger partial charge < -0.3 is 15.3 Å². The molecule has 4 nitrogen and oxygen atoms in total. The van der Waals surface area contributed by atoms with Gasteiger partial charge in [-0.15, -0.1) is 0 Å². The summed E-state index contributed by atoms with van der Waals surface area (Å²) in [5.74, 6) is -1.33. The van der Waals surface area contributed by atoms with Gasteiger partial charge in [-0.25, -0.2) is 13.6 Å². The van der Waals surface area contributed by atoms with E-state index in [0.717, 1.165) is 0 Å². The highest BCUT2D eigenvalue weighted by Crippen LogP contribution is 2.28. The molecule has 0 aliphatic carbocycles. The number of aliphatic hydroxyl groups is 1. The number of benzene rings is 2. The van der Waals surface area contributed by atoms with Crippen LogP contribution in [0.25, 0.3) is 11.1 Å². The topological polar surface area (TPSA) is 52.6 Å². The van der Waals surface area contributed by atoms with Crippen LogP contribution in [0.5, 0.6) is 0 Å². The van der Waals surface area contributed by atoms with Gasteiger partial charge in [0.05, 0.1) is 18.2 Å². The third-order valence-electron chi connectivity index (χ3n) is 3.61. The number of carbonyl (C=O) groups is 1. The van der Waals surface area contributed by atoms with Crippen molar-refractivity contribution in [1.29, 1.82) is 0 Å². The first-order valence-electron chi connectivity index (χ1n) is 7.13. The van der Waals surface area contributed by atoms with E-state index in [4.69, 9.17) is 5.11 Å². The standard InChI is InChI=1S/C17H18F2N2O2/c1-11(10-22)21(2)17(23)20-13-6-3-5-12(9-13)16-14(18)7-4-8-15(16)19/h3-9,11,22H,10H2,1-2H3,(H,20,23). The van der Waals surface area contributed by atoms with Gasteiger partial charge in [-0.2, -0.15) is 0 Å². The quantitative estimate of drug-likeness (QED) is 0.906. The molecule has 1 atom stereocenters. The van der Waals surface area contributed by atoms with Crippen molar-refractivity contribution in [2.75, 3.05) is 19.0 Å². The van der Waals surface area contributed by atoms with Gasteiger partial charge in [0.1, 0.15) is 11.6 Å². The van der Waals surface area contributed by atoms with Crippen molar-refractivity contribution in [3.05, 3.63) is 54.1 Å². The molecule has 0 aliphatic heterocycles. The van der Waals surface area contributed by atoms with Crippen molar-refractivity contribution in [2.24, 2.45) is 0 Å². The van der Waals surface area contributed by atoms with Gasteiger partial charge in [0.2, 0.25) is 0 Å². The highest BCUT2D eigenvalue weighted by atomic mass is 19.1. The second kappa shape index (κ2) is 7.19. The number of urea groups is 1. The van der Waals surface area contributed by atoms with E-state index >= 15 is 0 Å². The summed E-state index contributed by atoms with van der Waals surface area (Å²) in [7, 11) is 1.55. The van der Waals surface area contributed by atoms with E-state index in [0.29, 0.717) is 11.3 Å². The van der Waals surface area contributed by atoms with Crippen LogP contribution >= 0.6 is 0 Å².